The summed E-state index contributed by atoms with van der Waals surface area (Å²) in [5, 5.41) is 5.54. The van der Waals surface area contributed by atoms with Crippen LogP contribution in [-0.2, 0) is 16.1 Å². The number of fused-ring (bicyclic) bond motifs is 1. The number of aromatic nitrogens is 2. The van der Waals surface area contributed by atoms with E-state index >= 15 is 0 Å². The van der Waals surface area contributed by atoms with Gasteiger partial charge in [0.1, 0.15) is 6.54 Å². The van der Waals surface area contributed by atoms with Crippen molar-refractivity contribution in [2.24, 2.45) is 0 Å². The first kappa shape index (κ1) is 17.6. The first-order chi connectivity index (χ1) is 12.2. The Morgan fingerprint density at radius 3 is 2.96 bits per heavy atom. The molecule has 1 aromatic heterocycles. The van der Waals surface area contributed by atoms with E-state index in [1.165, 1.54) is 4.68 Å². The maximum atomic E-state index is 12.7. The molecule has 1 fully saturated rings. The molecule has 6 nitrogen and oxygen atoms in total. The van der Waals surface area contributed by atoms with Crippen LogP contribution < -0.4 is 5.56 Å². The highest BCUT2D eigenvalue weighted by atomic mass is 16.5. The molecule has 0 spiro atoms. The number of nitrogens with zero attached hydrogens (tertiary/aromatic N) is 3. The molecule has 1 aliphatic heterocycles. The average Bonchev–Trinajstić information content (AvgIpc) is 2.65. The predicted molar refractivity (Wildman–Crippen MR) is 96.5 cm³/mol. The lowest BCUT2D eigenvalue weighted by Crippen LogP contribution is -2.43. The van der Waals surface area contributed by atoms with Gasteiger partial charge in [0.05, 0.1) is 17.7 Å². The highest BCUT2D eigenvalue weighted by Crippen LogP contribution is 2.14. The molecule has 0 aliphatic carbocycles. The minimum Gasteiger partial charge on any atom is -0.376 e. The number of benzene rings is 1. The normalized spacial score (nSPS) is 17.6. The van der Waals surface area contributed by atoms with E-state index < -0.39 is 0 Å². The second kappa shape index (κ2) is 8.25. The van der Waals surface area contributed by atoms with Crippen LogP contribution in [0.3, 0.4) is 0 Å². The molecule has 2 heterocycles. The van der Waals surface area contributed by atoms with Gasteiger partial charge in [0, 0.05) is 25.1 Å². The summed E-state index contributed by atoms with van der Waals surface area (Å²) >= 11 is 0. The van der Waals surface area contributed by atoms with Gasteiger partial charge in [0.25, 0.3) is 5.56 Å². The molecule has 6 heteroatoms. The van der Waals surface area contributed by atoms with Gasteiger partial charge in [-0.2, -0.15) is 5.10 Å². The van der Waals surface area contributed by atoms with Crippen LogP contribution in [0.25, 0.3) is 10.8 Å². The number of amides is 1. The van der Waals surface area contributed by atoms with E-state index in [0.29, 0.717) is 18.5 Å². The SMILES string of the molecule is CCCN(C[C@@H]1CCCCO1)C(=O)Cn1ncc2ccccc2c1=O. The van der Waals surface area contributed by atoms with Crippen molar-refractivity contribution in [3.63, 3.8) is 0 Å². The van der Waals surface area contributed by atoms with Crippen LogP contribution in [0.4, 0.5) is 0 Å². The van der Waals surface area contributed by atoms with Crippen molar-refractivity contribution >= 4 is 16.7 Å². The Hall–Kier alpha value is -2.21. The molecule has 1 atom stereocenters. The van der Waals surface area contributed by atoms with Crippen molar-refractivity contribution in [3.8, 4) is 0 Å². The molecule has 1 aromatic carbocycles. The first-order valence-corrected chi connectivity index (χ1v) is 9.03. The molecular formula is C19H25N3O3. The smallest absolute Gasteiger partial charge is 0.275 e. The number of carbonyl (C=O) groups is 1. The Labute approximate surface area is 147 Å². The summed E-state index contributed by atoms with van der Waals surface area (Å²) in [6, 6.07) is 7.30. The van der Waals surface area contributed by atoms with E-state index in [1.807, 2.05) is 25.1 Å². The Bertz CT molecular complexity index is 781. The van der Waals surface area contributed by atoms with Crippen LogP contribution in [-0.4, -0.2) is 46.4 Å². The lowest BCUT2D eigenvalue weighted by Gasteiger charge is -2.30. The Morgan fingerprint density at radius 2 is 2.20 bits per heavy atom. The van der Waals surface area contributed by atoms with Crippen molar-refractivity contribution in [2.45, 2.75) is 45.3 Å². The number of hydrogen-bond acceptors (Lipinski definition) is 4. The molecular weight excluding hydrogens is 318 g/mol. The molecule has 0 bridgehead atoms. The van der Waals surface area contributed by atoms with Crippen LogP contribution in [0.1, 0.15) is 32.6 Å². The zero-order valence-electron chi connectivity index (χ0n) is 14.7. The molecule has 0 saturated carbocycles. The maximum Gasteiger partial charge on any atom is 0.275 e. The van der Waals surface area contributed by atoms with Gasteiger partial charge in [0.15, 0.2) is 0 Å². The maximum absolute atomic E-state index is 12.7. The van der Waals surface area contributed by atoms with Crippen LogP contribution in [0.5, 0.6) is 0 Å². The summed E-state index contributed by atoms with van der Waals surface area (Å²) in [4.78, 5) is 27.1. The highest BCUT2D eigenvalue weighted by molar-refractivity contribution is 5.81. The number of hydrogen-bond donors (Lipinski definition) is 0. The van der Waals surface area contributed by atoms with Crippen molar-refractivity contribution in [2.75, 3.05) is 19.7 Å². The van der Waals surface area contributed by atoms with E-state index in [9.17, 15) is 9.59 Å². The van der Waals surface area contributed by atoms with Crippen molar-refractivity contribution in [3.05, 3.63) is 40.8 Å². The molecule has 1 amide bonds. The zero-order chi connectivity index (χ0) is 17.6. The third kappa shape index (κ3) is 4.25. The lowest BCUT2D eigenvalue weighted by atomic mass is 10.1. The molecule has 134 valence electrons. The van der Waals surface area contributed by atoms with Gasteiger partial charge in [0.2, 0.25) is 5.91 Å². The summed E-state index contributed by atoms with van der Waals surface area (Å²) < 4.78 is 7.02. The number of ether oxygens (including phenoxy) is 1. The fourth-order valence-electron chi connectivity index (χ4n) is 3.25. The summed E-state index contributed by atoms with van der Waals surface area (Å²) in [6.45, 7) is 4.04. The van der Waals surface area contributed by atoms with Gasteiger partial charge in [-0.1, -0.05) is 25.1 Å². The molecule has 1 saturated heterocycles. The summed E-state index contributed by atoms with van der Waals surface area (Å²) in [6.07, 6.45) is 5.84. The Balaban J connectivity index is 1.74. The molecule has 0 unspecified atom stereocenters. The molecule has 25 heavy (non-hydrogen) atoms. The Kier molecular flexibility index (Phi) is 5.81. The first-order valence-electron chi connectivity index (χ1n) is 9.03. The number of rotatable bonds is 6. The topological polar surface area (TPSA) is 64.4 Å². The van der Waals surface area contributed by atoms with E-state index in [4.69, 9.17) is 4.74 Å². The van der Waals surface area contributed by atoms with Crippen molar-refractivity contribution in [1.82, 2.24) is 14.7 Å². The second-order valence-corrected chi connectivity index (χ2v) is 6.52. The summed E-state index contributed by atoms with van der Waals surface area (Å²) in [7, 11) is 0. The van der Waals surface area contributed by atoms with Gasteiger partial charge in [-0.05, 0) is 31.7 Å². The van der Waals surface area contributed by atoms with Gasteiger partial charge < -0.3 is 9.64 Å². The third-order valence-electron chi connectivity index (χ3n) is 4.59. The van der Waals surface area contributed by atoms with Crippen LogP contribution >= 0.6 is 0 Å². The number of carbonyl (C=O) groups excluding carboxylic acids is 1. The summed E-state index contributed by atoms with van der Waals surface area (Å²) in [5.74, 6) is -0.0825. The largest absolute Gasteiger partial charge is 0.376 e. The second-order valence-electron chi connectivity index (χ2n) is 6.52. The Morgan fingerprint density at radius 1 is 1.36 bits per heavy atom. The summed E-state index contributed by atoms with van der Waals surface area (Å²) in [5.41, 5.74) is -0.225. The molecule has 3 rings (SSSR count). The van der Waals surface area contributed by atoms with E-state index in [-0.39, 0.29) is 24.1 Å². The van der Waals surface area contributed by atoms with Gasteiger partial charge in [-0.25, -0.2) is 4.68 Å². The van der Waals surface area contributed by atoms with E-state index in [1.54, 1.807) is 17.2 Å². The van der Waals surface area contributed by atoms with Crippen molar-refractivity contribution in [1.29, 1.82) is 0 Å². The zero-order valence-corrected chi connectivity index (χ0v) is 14.7. The minimum absolute atomic E-state index is 0.0314. The fraction of sp³-hybridized carbons (Fsp3) is 0.526. The molecule has 1 aliphatic rings. The lowest BCUT2D eigenvalue weighted by molar-refractivity contribution is -0.134. The monoisotopic (exact) mass is 343 g/mol. The van der Waals surface area contributed by atoms with E-state index in [0.717, 1.165) is 37.7 Å². The minimum atomic E-state index is -0.225. The third-order valence-corrected chi connectivity index (χ3v) is 4.59. The van der Waals surface area contributed by atoms with Gasteiger partial charge >= 0.3 is 0 Å². The molecule has 0 radical (unpaired) electrons. The average molecular weight is 343 g/mol. The van der Waals surface area contributed by atoms with Gasteiger partial charge in [-0.3, -0.25) is 9.59 Å². The van der Waals surface area contributed by atoms with Gasteiger partial charge in [-0.15, -0.1) is 0 Å². The molecule has 0 N–H and O–H groups in total. The van der Waals surface area contributed by atoms with Crippen LogP contribution in [0.2, 0.25) is 0 Å². The van der Waals surface area contributed by atoms with E-state index in [2.05, 4.69) is 5.10 Å². The standard InChI is InChI=1S/C19H25N3O3/c1-2-10-21(13-16-8-5-6-11-25-16)18(23)14-22-19(24)17-9-4-3-7-15(17)12-20-22/h3-4,7,9,12,16H,2,5-6,8,10-11,13-14H2,1H3/t16-/m0/s1. The predicted octanol–water partition coefficient (Wildman–Crippen LogP) is 2.20. The fourth-order valence-corrected chi connectivity index (χ4v) is 3.25. The highest BCUT2D eigenvalue weighted by Gasteiger charge is 2.21. The molecule has 2 aromatic rings. The van der Waals surface area contributed by atoms with Crippen LogP contribution in [0, 0.1) is 0 Å². The van der Waals surface area contributed by atoms with Crippen molar-refractivity contribution < 1.29 is 9.53 Å². The van der Waals surface area contributed by atoms with Crippen LogP contribution in [0.15, 0.2) is 35.3 Å². The quantitative estimate of drug-likeness (QED) is 0.807.